The van der Waals surface area contributed by atoms with Crippen LogP contribution in [0.3, 0.4) is 0 Å². The van der Waals surface area contributed by atoms with Crippen LogP contribution >= 0.6 is 0 Å². The Morgan fingerprint density at radius 1 is 1.44 bits per heavy atom. The molecule has 0 aromatic rings. The summed E-state index contributed by atoms with van der Waals surface area (Å²) in [6, 6.07) is -0.0732. The number of carbonyl (C=O) groups excluding carboxylic acids is 1. The predicted octanol–water partition coefficient (Wildman–Crippen LogP) is -0.442. The molecule has 1 atom stereocenters. The molecule has 1 aliphatic carbocycles. The van der Waals surface area contributed by atoms with Crippen LogP contribution in [-0.2, 0) is 14.8 Å². The fourth-order valence-electron chi connectivity index (χ4n) is 1.83. The van der Waals surface area contributed by atoms with Crippen LogP contribution in [0.5, 0.6) is 0 Å². The van der Waals surface area contributed by atoms with Gasteiger partial charge in [-0.15, -0.1) is 0 Å². The van der Waals surface area contributed by atoms with Gasteiger partial charge in [0.05, 0.1) is 6.26 Å². The maximum Gasteiger partial charge on any atom is 0.221 e. The van der Waals surface area contributed by atoms with Gasteiger partial charge in [0, 0.05) is 24.5 Å². The summed E-state index contributed by atoms with van der Waals surface area (Å²) in [6.45, 7) is 3.68. The van der Waals surface area contributed by atoms with Crippen molar-refractivity contribution < 1.29 is 13.2 Å². The Balaban J connectivity index is 2.32. The minimum atomic E-state index is -3.28. The van der Waals surface area contributed by atoms with Crippen LogP contribution in [0.15, 0.2) is 0 Å². The molecule has 0 saturated heterocycles. The van der Waals surface area contributed by atoms with Crippen molar-refractivity contribution in [2.24, 2.45) is 11.7 Å². The standard InChI is InChI=1S/C11H23N3O3S/c1-11(2,14-18(3,16)17)7-13-10(15)6-9(12)8-4-5-8/h8-9,14H,4-7,12H2,1-3H3,(H,13,15). The van der Waals surface area contributed by atoms with E-state index in [1.54, 1.807) is 13.8 Å². The van der Waals surface area contributed by atoms with Gasteiger partial charge in [0.2, 0.25) is 15.9 Å². The van der Waals surface area contributed by atoms with E-state index in [2.05, 4.69) is 10.0 Å². The van der Waals surface area contributed by atoms with Gasteiger partial charge in [-0.25, -0.2) is 13.1 Å². The van der Waals surface area contributed by atoms with Crippen LogP contribution in [0.1, 0.15) is 33.1 Å². The van der Waals surface area contributed by atoms with Crippen molar-refractivity contribution in [1.29, 1.82) is 0 Å². The number of hydrogen-bond donors (Lipinski definition) is 3. The molecule has 1 saturated carbocycles. The van der Waals surface area contributed by atoms with Crippen LogP contribution in [0.25, 0.3) is 0 Å². The zero-order valence-corrected chi connectivity index (χ0v) is 12.0. The summed E-state index contributed by atoms with van der Waals surface area (Å²) in [7, 11) is -3.28. The second kappa shape index (κ2) is 5.54. The Kier molecular flexibility index (Phi) is 4.74. The maximum absolute atomic E-state index is 11.6. The lowest BCUT2D eigenvalue weighted by Crippen LogP contribution is -2.51. The third-order valence-electron chi connectivity index (χ3n) is 2.84. The highest BCUT2D eigenvalue weighted by Crippen LogP contribution is 2.32. The van der Waals surface area contributed by atoms with E-state index in [-0.39, 0.29) is 18.5 Å². The molecule has 18 heavy (non-hydrogen) atoms. The Hall–Kier alpha value is -0.660. The molecule has 0 heterocycles. The molecule has 6 nitrogen and oxygen atoms in total. The fraction of sp³-hybridized carbons (Fsp3) is 0.909. The van der Waals surface area contributed by atoms with Crippen LogP contribution in [-0.4, -0.2) is 38.7 Å². The number of rotatable bonds is 7. The van der Waals surface area contributed by atoms with Gasteiger partial charge < -0.3 is 11.1 Å². The normalized spacial score (nSPS) is 18.4. The third kappa shape index (κ3) is 6.32. The molecule has 1 aliphatic rings. The van der Waals surface area contributed by atoms with Gasteiger partial charge in [0.15, 0.2) is 0 Å². The Bertz CT molecular complexity index is 402. The van der Waals surface area contributed by atoms with Gasteiger partial charge in [-0.3, -0.25) is 4.79 Å². The van der Waals surface area contributed by atoms with Crippen molar-refractivity contribution in [3.8, 4) is 0 Å². The van der Waals surface area contributed by atoms with Crippen LogP contribution < -0.4 is 15.8 Å². The largest absolute Gasteiger partial charge is 0.354 e. The van der Waals surface area contributed by atoms with E-state index < -0.39 is 15.6 Å². The minimum Gasteiger partial charge on any atom is -0.354 e. The Morgan fingerprint density at radius 3 is 2.44 bits per heavy atom. The van der Waals surface area contributed by atoms with Crippen molar-refractivity contribution in [3.05, 3.63) is 0 Å². The summed E-state index contributed by atoms with van der Waals surface area (Å²) in [4.78, 5) is 11.6. The highest BCUT2D eigenvalue weighted by atomic mass is 32.2. The first kappa shape index (κ1) is 15.4. The van der Waals surface area contributed by atoms with E-state index in [0.29, 0.717) is 12.3 Å². The zero-order valence-electron chi connectivity index (χ0n) is 11.2. The van der Waals surface area contributed by atoms with Crippen molar-refractivity contribution >= 4 is 15.9 Å². The van der Waals surface area contributed by atoms with E-state index in [1.807, 2.05) is 0 Å². The molecular weight excluding hydrogens is 254 g/mol. The number of sulfonamides is 1. The predicted molar refractivity (Wildman–Crippen MR) is 70.4 cm³/mol. The Morgan fingerprint density at radius 2 is 2.00 bits per heavy atom. The average molecular weight is 277 g/mol. The molecule has 7 heteroatoms. The number of nitrogens with two attached hydrogens (primary N) is 1. The lowest BCUT2D eigenvalue weighted by Gasteiger charge is -2.25. The summed E-state index contributed by atoms with van der Waals surface area (Å²) >= 11 is 0. The average Bonchev–Trinajstić information content (AvgIpc) is 2.93. The number of amides is 1. The van der Waals surface area contributed by atoms with E-state index in [0.717, 1.165) is 19.1 Å². The van der Waals surface area contributed by atoms with Crippen LogP contribution in [0.2, 0.25) is 0 Å². The molecule has 1 rings (SSSR count). The fourth-order valence-corrected chi connectivity index (χ4v) is 2.91. The van der Waals surface area contributed by atoms with Crippen LogP contribution in [0.4, 0.5) is 0 Å². The smallest absolute Gasteiger partial charge is 0.221 e. The van der Waals surface area contributed by atoms with E-state index in [9.17, 15) is 13.2 Å². The highest BCUT2D eigenvalue weighted by Gasteiger charge is 2.30. The molecule has 0 aromatic heterocycles. The molecule has 106 valence electrons. The monoisotopic (exact) mass is 277 g/mol. The summed E-state index contributed by atoms with van der Waals surface area (Å²) in [5.41, 5.74) is 5.15. The number of carbonyl (C=O) groups is 1. The Labute approximate surface area is 109 Å². The molecule has 0 spiro atoms. The summed E-state index contributed by atoms with van der Waals surface area (Å²) in [5.74, 6) is 0.357. The SMILES string of the molecule is CC(C)(CNC(=O)CC(N)C1CC1)NS(C)(=O)=O. The summed E-state index contributed by atoms with van der Waals surface area (Å²) in [6.07, 6.45) is 3.62. The highest BCUT2D eigenvalue weighted by molar-refractivity contribution is 7.88. The first-order valence-corrected chi connectivity index (χ1v) is 7.99. The van der Waals surface area contributed by atoms with E-state index in [4.69, 9.17) is 5.73 Å². The molecule has 4 N–H and O–H groups in total. The molecule has 0 aliphatic heterocycles. The molecule has 0 bridgehead atoms. The van der Waals surface area contributed by atoms with Gasteiger partial charge >= 0.3 is 0 Å². The van der Waals surface area contributed by atoms with Gasteiger partial charge in [0.25, 0.3) is 0 Å². The van der Waals surface area contributed by atoms with Crippen molar-refractivity contribution in [1.82, 2.24) is 10.0 Å². The van der Waals surface area contributed by atoms with Gasteiger partial charge in [-0.1, -0.05) is 0 Å². The molecule has 0 aromatic carbocycles. The summed E-state index contributed by atoms with van der Waals surface area (Å²) < 4.78 is 24.7. The number of nitrogens with one attached hydrogen (secondary N) is 2. The zero-order chi connectivity index (χ0) is 14.0. The maximum atomic E-state index is 11.6. The summed E-state index contributed by atoms with van der Waals surface area (Å²) in [5, 5.41) is 2.71. The second-order valence-electron chi connectivity index (χ2n) is 5.74. The second-order valence-corrected chi connectivity index (χ2v) is 7.49. The molecule has 1 unspecified atom stereocenters. The van der Waals surface area contributed by atoms with Crippen molar-refractivity contribution in [2.45, 2.75) is 44.7 Å². The van der Waals surface area contributed by atoms with E-state index >= 15 is 0 Å². The third-order valence-corrected chi connectivity index (χ3v) is 3.76. The molecule has 0 radical (unpaired) electrons. The van der Waals surface area contributed by atoms with Gasteiger partial charge in [-0.2, -0.15) is 0 Å². The van der Waals surface area contributed by atoms with Crippen LogP contribution in [0, 0.1) is 5.92 Å². The lowest BCUT2D eigenvalue weighted by molar-refractivity contribution is -0.121. The quantitative estimate of drug-likeness (QED) is 0.587. The molecular formula is C11H23N3O3S. The topological polar surface area (TPSA) is 101 Å². The first-order chi connectivity index (χ1) is 8.09. The molecule has 1 fully saturated rings. The number of hydrogen-bond acceptors (Lipinski definition) is 4. The van der Waals surface area contributed by atoms with E-state index in [1.165, 1.54) is 0 Å². The lowest BCUT2D eigenvalue weighted by atomic mass is 10.1. The van der Waals surface area contributed by atoms with Crippen molar-refractivity contribution in [2.75, 3.05) is 12.8 Å². The molecule has 1 amide bonds. The minimum absolute atomic E-state index is 0.0732. The van der Waals surface area contributed by atoms with Gasteiger partial charge in [0.1, 0.15) is 0 Å². The van der Waals surface area contributed by atoms with Crippen molar-refractivity contribution in [3.63, 3.8) is 0 Å². The van der Waals surface area contributed by atoms with Gasteiger partial charge in [-0.05, 0) is 32.6 Å². The first-order valence-electron chi connectivity index (χ1n) is 6.10.